The summed E-state index contributed by atoms with van der Waals surface area (Å²) in [6, 6.07) is 9.78. The van der Waals surface area contributed by atoms with Crippen molar-refractivity contribution in [3.8, 4) is 5.75 Å². The Balaban J connectivity index is 2.30. The van der Waals surface area contributed by atoms with Crippen molar-refractivity contribution < 1.29 is 22.7 Å². The van der Waals surface area contributed by atoms with Gasteiger partial charge in [0.25, 0.3) is 10.0 Å². The fourth-order valence-corrected chi connectivity index (χ4v) is 4.00. The molecule has 2 rings (SSSR count). The van der Waals surface area contributed by atoms with E-state index in [0.29, 0.717) is 18.5 Å². The molecule has 27 heavy (non-hydrogen) atoms. The first-order valence-electron chi connectivity index (χ1n) is 8.45. The number of halogens is 1. The van der Waals surface area contributed by atoms with E-state index in [-0.39, 0.29) is 22.3 Å². The molecule has 0 saturated heterocycles. The zero-order valence-corrected chi connectivity index (χ0v) is 17.0. The van der Waals surface area contributed by atoms with Crippen LogP contribution in [0.25, 0.3) is 0 Å². The third-order valence-corrected chi connectivity index (χ3v) is 5.66. The van der Waals surface area contributed by atoms with E-state index in [4.69, 9.17) is 16.3 Å². The number of anilines is 1. The van der Waals surface area contributed by atoms with E-state index in [9.17, 15) is 13.2 Å². The Morgan fingerprint density at radius 1 is 1.11 bits per heavy atom. The lowest BCUT2D eigenvalue weighted by Gasteiger charge is -2.16. The molecule has 0 spiro atoms. The fourth-order valence-electron chi connectivity index (χ4n) is 2.53. The van der Waals surface area contributed by atoms with E-state index >= 15 is 0 Å². The Morgan fingerprint density at radius 2 is 1.74 bits per heavy atom. The number of methoxy groups -OCH3 is 1. The number of hydrogen-bond donors (Lipinski definition) is 1. The molecule has 0 bridgehead atoms. The normalized spacial score (nSPS) is 11.1. The second-order valence-electron chi connectivity index (χ2n) is 5.72. The van der Waals surface area contributed by atoms with Gasteiger partial charge in [-0.25, -0.2) is 13.2 Å². The van der Waals surface area contributed by atoms with Crippen LogP contribution in [0.15, 0.2) is 41.3 Å². The van der Waals surface area contributed by atoms with Crippen molar-refractivity contribution in [3.63, 3.8) is 0 Å². The molecule has 2 aromatic carbocycles. The molecule has 0 fully saturated rings. The van der Waals surface area contributed by atoms with Gasteiger partial charge in [-0.2, -0.15) is 0 Å². The molecule has 8 heteroatoms. The van der Waals surface area contributed by atoms with Crippen molar-refractivity contribution in [1.29, 1.82) is 0 Å². The van der Waals surface area contributed by atoms with Crippen LogP contribution in [0.5, 0.6) is 5.75 Å². The minimum atomic E-state index is -3.84. The fraction of sp³-hybridized carbons (Fsp3) is 0.316. The molecule has 0 heterocycles. The largest absolute Gasteiger partial charge is 0.480 e. The van der Waals surface area contributed by atoms with Gasteiger partial charge >= 0.3 is 5.97 Å². The van der Waals surface area contributed by atoms with Crippen LogP contribution in [-0.4, -0.2) is 28.1 Å². The Labute approximate surface area is 164 Å². The lowest BCUT2D eigenvalue weighted by atomic mass is 10.0. The maximum absolute atomic E-state index is 12.8. The van der Waals surface area contributed by atoms with Crippen molar-refractivity contribution in [1.82, 2.24) is 0 Å². The van der Waals surface area contributed by atoms with Crippen molar-refractivity contribution in [2.75, 3.05) is 18.4 Å². The molecule has 0 atom stereocenters. The lowest BCUT2D eigenvalue weighted by Crippen LogP contribution is -2.16. The molecule has 0 aliphatic carbocycles. The zero-order chi connectivity index (χ0) is 20.0. The highest BCUT2D eigenvalue weighted by Gasteiger charge is 2.19. The number of esters is 1. The molecule has 1 N–H and O–H groups in total. The quantitative estimate of drug-likeness (QED) is 0.668. The first-order valence-corrected chi connectivity index (χ1v) is 10.3. The maximum atomic E-state index is 12.8. The minimum absolute atomic E-state index is 0.00544. The summed E-state index contributed by atoms with van der Waals surface area (Å²) in [7, 11) is -2.59. The number of nitrogens with one attached hydrogen (secondary N) is 1. The molecule has 0 aromatic heterocycles. The number of hydrogen-bond acceptors (Lipinski definition) is 5. The summed E-state index contributed by atoms with van der Waals surface area (Å²) in [5, 5.41) is 0.0845. The number of carbonyl (C=O) groups excluding carboxylic acids is 1. The van der Waals surface area contributed by atoms with Gasteiger partial charge in [-0.15, -0.1) is 0 Å². The number of ether oxygens (including phenoxy) is 2. The molecule has 0 aliphatic rings. The van der Waals surface area contributed by atoms with Crippen LogP contribution >= 0.6 is 11.6 Å². The maximum Gasteiger partial charge on any atom is 0.343 e. The summed E-state index contributed by atoms with van der Waals surface area (Å²) >= 11 is 6.11. The number of benzene rings is 2. The van der Waals surface area contributed by atoms with Gasteiger partial charge in [0.1, 0.15) is 5.75 Å². The number of para-hydroxylation sites is 1. The SMILES string of the molecule is CCc1cccc(CC)c1NS(=O)(=O)c1ccc(OCC(=O)OC)c(Cl)c1. The van der Waals surface area contributed by atoms with Gasteiger partial charge in [-0.1, -0.05) is 43.6 Å². The van der Waals surface area contributed by atoms with E-state index in [1.807, 2.05) is 32.0 Å². The highest BCUT2D eigenvalue weighted by Crippen LogP contribution is 2.30. The molecule has 0 saturated carbocycles. The van der Waals surface area contributed by atoms with Gasteiger partial charge in [0.05, 0.1) is 22.7 Å². The van der Waals surface area contributed by atoms with Crippen LogP contribution < -0.4 is 9.46 Å². The van der Waals surface area contributed by atoms with Crippen LogP contribution in [0.4, 0.5) is 5.69 Å². The van der Waals surface area contributed by atoms with Crippen molar-refractivity contribution in [2.24, 2.45) is 0 Å². The second kappa shape index (κ2) is 9.10. The van der Waals surface area contributed by atoms with Crippen LogP contribution in [0.2, 0.25) is 5.02 Å². The third kappa shape index (κ3) is 5.14. The molecule has 6 nitrogen and oxygen atoms in total. The summed E-state index contributed by atoms with van der Waals surface area (Å²) in [6.45, 7) is 3.62. The standard InChI is InChI=1S/C19H22ClNO5S/c1-4-13-7-6-8-14(5-2)19(13)21-27(23,24)15-9-10-17(16(20)11-15)26-12-18(22)25-3/h6-11,21H,4-5,12H2,1-3H3. The monoisotopic (exact) mass is 411 g/mol. The molecule has 0 radical (unpaired) electrons. The minimum Gasteiger partial charge on any atom is -0.480 e. The van der Waals surface area contributed by atoms with E-state index < -0.39 is 16.0 Å². The molecule has 146 valence electrons. The van der Waals surface area contributed by atoms with Crippen molar-refractivity contribution in [3.05, 3.63) is 52.5 Å². The summed E-state index contributed by atoms with van der Waals surface area (Å²) in [4.78, 5) is 11.2. The topological polar surface area (TPSA) is 81.7 Å². The smallest absolute Gasteiger partial charge is 0.343 e. The van der Waals surface area contributed by atoms with Gasteiger partial charge in [0.15, 0.2) is 6.61 Å². The first kappa shape index (κ1) is 21.1. The van der Waals surface area contributed by atoms with Gasteiger partial charge < -0.3 is 9.47 Å². The number of carbonyl (C=O) groups is 1. The third-order valence-electron chi connectivity index (χ3n) is 4.02. The number of rotatable bonds is 8. The van der Waals surface area contributed by atoms with Crippen LogP contribution in [0.1, 0.15) is 25.0 Å². The Bertz CT molecular complexity index is 905. The summed E-state index contributed by atoms with van der Waals surface area (Å²) < 4.78 is 38.1. The average molecular weight is 412 g/mol. The molecule has 0 aliphatic heterocycles. The van der Waals surface area contributed by atoms with E-state index in [2.05, 4.69) is 9.46 Å². The molecular formula is C19H22ClNO5S. The average Bonchev–Trinajstić information content (AvgIpc) is 2.66. The van der Waals surface area contributed by atoms with Crippen LogP contribution in [-0.2, 0) is 32.4 Å². The summed E-state index contributed by atoms with van der Waals surface area (Å²) in [5.41, 5.74) is 2.44. The molecule has 2 aromatic rings. The Morgan fingerprint density at radius 3 is 2.26 bits per heavy atom. The second-order valence-corrected chi connectivity index (χ2v) is 7.81. The molecule has 0 amide bonds. The predicted molar refractivity (Wildman–Crippen MR) is 105 cm³/mol. The van der Waals surface area contributed by atoms with E-state index in [1.165, 1.54) is 25.3 Å². The molecule has 0 unspecified atom stereocenters. The predicted octanol–water partition coefficient (Wildman–Crippen LogP) is 3.82. The first-order chi connectivity index (χ1) is 12.8. The van der Waals surface area contributed by atoms with Crippen molar-refractivity contribution >= 4 is 33.3 Å². The highest BCUT2D eigenvalue weighted by molar-refractivity contribution is 7.92. The summed E-state index contributed by atoms with van der Waals surface area (Å²) in [5.74, 6) is -0.364. The number of aryl methyl sites for hydroxylation is 2. The van der Waals surface area contributed by atoms with Crippen molar-refractivity contribution in [2.45, 2.75) is 31.6 Å². The Kier molecular flexibility index (Phi) is 7.10. The van der Waals surface area contributed by atoms with Crippen LogP contribution in [0.3, 0.4) is 0 Å². The number of sulfonamides is 1. The zero-order valence-electron chi connectivity index (χ0n) is 15.4. The van der Waals surface area contributed by atoms with Gasteiger partial charge in [-0.05, 0) is 42.2 Å². The van der Waals surface area contributed by atoms with E-state index in [1.54, 1.807) is 0 Å². The lowest BCUT2D eigenvalue weighted by molar-refractivity contribution is -0.142. The van der Waals surface area contributed by atoms with E-state index in [0.717, 1.165) is 11.1 Å². The highest BCUT2D eigenvalue weighted by atomic mass is 35.5. The van der Waals surface area contributed by atoms with Gasteiger partial charge in [0.2, 0.25) is 0 Å². The van der Waals surface area contributed by atoms with Gasteiger partial charge in [0, 0.05) is 0 Å². The Hall–Kier alpha value is -2.25. The van der Waals surface area contributed by atoms with Crippen LogP contribution in [0, 0.1) is 0 Å². The molecular weight excluding hydrogens is 390 g/mol. The summed E-state index contributed by atoms with van der Waals surface area (Å²) in [6.07, 6.45) is 1.40. The van der Waals surface area contributed by atoms with Gasteiger partial charge in [-0.3, -0.25) is 4.72 Å².